The Labute approximate surface area is 181 Å². The van der Waals surface area contributed by atoms with Gasteiger partial charge >= 0.3 is 12.1 Å². The number of thioether (sulfide) groups is 1. The van der Waals surface area contributed by atoms with E-state index in [2.05, 4.69) is 24.3 Å². The third-order valence-corrected chi connectivity index (χ3v) is 7.48. The van der Waals surface area contributed by atoms with Gasteiger partial charge in [0.15, 0.2) is 0 Å². The zero-order chi connectivity index (χ0) is 21.7. The molecule has 158 valence electrons. The molecule has 5 nitrogen and oxygen atoms in total. The fourth-order valence-corrected chi connectivity index (χ4v) is 6.89. The number of amides is 1. The van der Waals surface area contributed by atoms with E-state index in [9.17, 15) is 14.7 Å². The number of rotatable bonds is 4. The second-order valence-corrected chi connectivity index (χ2v) is 11.1. The van der Waals surface area contributed by atoms with Crippen molar-refractivity contribution in [1.29, 1.82) is 0 Å². The number of carboxylic acid groups (broad SMARTS) is 1. The van der Waals surface area contributed by atoms with Crippen molar-refractivity contribution in [2.24, 2.45) is 0 Å². The smallest absolute Gasteiger partial charge is 0.411 e. The SMILES string of the molecule is CC1(C)SC(C)(C)N(C(=O)OCCC2c3ccccc3-c3ccccc32)[C@H]1C(=O)O. The minimum absolute atomic E-state index is 0.165. The molecule has 0 unspecified atom stereocenters. The van der Waals surface area contributed by atoms with E-state index >= 15 is 0 Å². The summed E-state index contributed by atoms with van der Waals surface area (Å²) < 4.78 is 5.04. The molecule has 1 atom stereocenters. The van der Waals surface area contributed by atoms with Gasteiger partial charge in [-0.25, -0.2) is 9.59 Å². The largest absolute Gasteiger partial charge is 0.480 e. The molecule has 1 N–H and O–H groups in total. The van der Waals surface area contributed by atoms with E-state index in [-0.39, 0.29) is 12.5 Å². The maximum atomic E-state index is 13.0. The Bertz CT molecular complexity index is 955. The van der Waals surface area contributed by atoms with Crippen LogP contribution in [0.15, 0.2) is 48.5 Å². The Balaban J connectivity index is 1.50. The molecule has 0 radical (unpaired) electrons. The van der Waals surface area contributed by atoms with Crippen molar-refractivity contribution in [2.75, 3.05) is 6.61 Å². The summed E-state index contributed by atoms with van der Waals surface area (Å²) in [5.74, 6) is -0.841. The third kappa shape index (κ3) is 3.37. The highest BCUT2D eigenvalue weighted by atomic mass is 32.2. The zero-order valence-electron chi connectivity index (χ0n) is 17.7. The molecule has 4 rings (SSSR count). The van der Waals surface area contributed by atoms with Crippen molar-refractivity contribution in [2.45, 2.75) is 55.7 Å². The summed E-state index contributed by atoms with van der Waals surface area (Å²) in [6.45, 7) is 7.69. The van der Waals surface area contributed by atoms with E-state index in [1.807, 2.05) is 52.0 Å². The number of nitrogens with zero attached hydrogens (tertiary/aromatic N) is 1. The maximum Gasteiger partial charge on any atom is 0.411 e. The molecule has 2 aliphatic rings. The molecule has 2 aromatic carbocycles. The first-order valence-electron chi connectivity index (χ1n) is 10.2. The first kappa shape index (κ1) is 20.8. The number of aliphatic carboxylic acids is 1. The van der Waals surface area contributed by atoms with Crippen LogP contribution < -0.4 is 0 Å². The molecule has 6 heteroatoms. The van der Waals surface area contributed by atoms with Crippen LogP contribution in [-0.4, -0.2) is 44.3 Å². The van der Waals surface area contributed by atoms with Crippen molar-refractivity contribution in [3.63, 3.8) is 0 Å². The molecule has 1 heterocycles. The summed E-state index contributed by atoms with van der Waals surface area (Å²) in [5.41, 5.74) is 4.95. The number of carbonyl (C=O) groups excluding carboxylic acids is 1. The van der Waals surface area contributed by atoms with Gasteiger partial charge in [-0.2, -0.15) is 0 Å². The average molecular weight is 426 g/mol. The highest BCUT2D eigenvalue weighted by Gasteiger charge is 2.57. The lowest BCUT2D eigenvalue weighted by atomic mass is 9.94. The normalized spacial score (nSPS) is 21.2. The second kappa shape index (κ2) is 7.34. The molecule has 0 aromatic heterocycles. The van der Waals surface area contributed by atoms with Gasteiger partial charge in [0.2, 0.25) is 0 Å². The maximum absolute atomic E-state index is 13.0. The third-order valence-electron chi connectivity index (χ3n) is 6.03. The molecule has 1 aliphatic carbocycles. The van der Waals surface area contributed by atoms with Crippen LogP contribution in [0.2, 0.25) is 0 Å². The fraction of sp³-hybridized carbons (Fsp3) is 0.417. The summed E-state index contributed by atoms with van der Waals surface area (Å²) >= 11 is 1.48. The Kier molecular flexibility index (Phi) is 5.09. The molecule has 1 aliphatic heterocycles. The van der Waals surface area contributed by atoms with Crippen LogP contribution in [0, 0.1) is 0 Å². The Morgan fingerprint density at radius 1 is 1.00 bits per heavy atom. The van der Waals surface area contributed by atoms with Crippen LogP contribution in [0.5, 0.6) is 0 Å². The van der Waals surface area contributed by atoms with Crippen LogP contribution in [0.3, 0.4) is 0 Å². The lowest BCUT2D eigenvalue weighted by Gasteiger charge is -2.32. The molecule has 1 saturated heterocycles. The first-order chi connectivity index (χ1) is 14.1. The molecular weight excluding hydrogens is 398 g/mol. The molecule has 0 bridgehead atoms. The van der Waals surface area contributed by atoms with E-state index in [4.69, 9.17) is 4.74 Å². The van der Waals surface area contributed by atoms with Gasteiger partial charge in [0.1, 0.15) is 6.04 Å². The van der Waals surface area contributed by atoms with Crippen molar-refractivity contribution >= 4 is 23.8 Å². The molecular formula is C24H27NO4S. The minimum atomic E-state index is -1.01. The van der Waals surface area contributed by atoms with Gasteiger partial charge in [-0.1, -0.05) is 48.5 Å². The fourth-order valence-electron chi connectivity index (χ4n) is 5.01. The number of fused-ring (bicyclic) bond motifs is 3. The molecule has 0 spiro atoms. The summed E-state index contributed by atoms with van der Waals surface area (Å²) in [6, 6.07) is 15.7. The van der Waals surface area contributed by atoms with Crippen LogP contribution in [0.1, 0.15) is 51.2 Å². The van der Waals surface area contributed by atoms with E-state index in [1.54, 1.807) is 0 Å². The van der Waals surface area contributed by atoms with Gasteiger partial charge < -0.3 is 9.84 Å². The van der Waals surface area contributed by atoms with E-state index in [0.717, 1.165) is 0 Å². The number of carboxylic acids is 1. The summed E-state index contributed by atoms with van der Waals surface area (Å²) in [6.07, 6.45) is 0.0903. The van der Waals surface area contributed by atoms with Gasteiger partial charge in [0.25, 0.3) is 0 Å². The predicted molar refractivity (Wildman–Crippen MR) is 119 cm³/mol. The summed E-state index contributed by atoms with van der Waals surface area (Å²) in [7, 11) is 0. The molecule has 0 saturated carbocycles. The van der Waals surface area contributed by atoms with Crippen LogP contribution >= 0.6 is 11.8 Å². The van der Waals surface area contributed by atoms with Crippen molar-refractivity contribution < 1.29 is 19.4 Å². The van der Waals surface area contributed by atoms with Gasteiger partial charge in [-0.05, 0) is 56.4 Å². The molecule has 1 amide bonds. The Morgan fingerprint density at radius 3 is 2.07 bits per heavy atom. The highest BCUT2D eigenvalue weighted by Crippen LogP contribution is 2.51. The number of carbonyl (C=O) groups is 2. The van der Waals surface area contributed by atoms with Gasteiger partial charge in [0.05, 0.1) is 11.5 Å². The Morgan fingerprint density at radius 2 is 1.53 bits per heavy atom. The van der Waals surface area contributed by atoms with Crippen LogP contribution in [-0.2, 0) is 9.53 Å². The lowest BCUT2D eigenvalue weighted by molar-refractivity contribution is -0.144. The predicted octanol–water partition coefficient (Wildman–Crippen LogP) is 5.34. The molecule has 30 heavy (non-hydrogen) atoms. The number of hydrogen-bond donors (Lipinski definition) is 1. The second-order valence-electron chi connectivity index (χ2n) is 8.89. The average Bonchev–Trinajstić information content (AvgIpc) is 3.09. The topological polar surface area (TPSA) is 66.8 Å². The quantitative estimate of drug-likeness (QED) is 0.716. The summed E-state index contributed by atoms with van der Waals surface area (Å²) in [4.78, 5) is 25.6. The lowest BCUT2D eigenvalue weighted by Crippen LogP contribution is -2.53. The first-order valence-corrected chi connectivity index (χ1v) is 11.0. The summed E-state index contributed by atoms with van der Waals surface area (Å²) in [5, 5.41) is 9.75. The Hall–Kier alpha value is -2.47. The monoisotopic (exact) mass is 425 g/mol. The van der Waals surface area contributed by atoms with Crippen molar-refractivity contribution in [3.8, 4) is 11.1 Å². The van der Waals surface area contributed by atoms with Gasteiger partial charge in [-0.3, -0.25) is 4.90 Å². The van der Waals surface area contributed by atoms with E-state index < -0.39 is 27.7 Å². The van der Waals surface area contributed by atoms with Gasteiger partial charge in [0, 0.05) is 10.7 Å². The van der Waals surface area contributed by atoms with E-state index in [1.165, 1.54) is 38.9 Å². The van der Waals surface area contributed by atoms with Crippen LogP contribution in [0.4, 0.5) is 4.79 Å². The number of benzene rings is 2. The number of hydrogen-bond acceptors (Lipinski definition) is 4. The zero-order valence-corrected chi connectivity index (χ0v) is 18.5. The van der Waals surface area contributed by atoms with E-state index in [0.29, 0.717) is 6.42 Å². The standard InChI is InChI=1S/C24H27NO4S/c1-23(2)20(21(26)27)25(24(3,4)30-23)22(28)29-14-13-19-17-11-7-5-9-15(17)16-10-6-8-12-18(16)19/h5-12,19-20H,13-14H2,1-4H3,(H,26,27)/t20-/m0/s1. The molecule has 2 aromatic rings. The molecule has 1 fully saturated rings. The highest BCUT2D eigenvalue weighted by molar-refractivity contribution is 8.02. The minimum Gasteiger partial charge on any atom is -0.480 e. The van der Waals surface area contributed by atoms with Crippen molar-refractivity contribution in [3.05, 3.63) is 59.7 Å². The van der Waals surface area contributed by atoms with Crippen LogP contribution in [0.25, 0.3) is 11.1 Å². The van der Waals surface area contributed by atoms with Gasteiger partial charge in [-0.15, -0.1) is 11.8 Å². The number of ether oxygens (including phenoxy) is 1. The van der Waals surface area contributed by atoms with Crippen molar-refractivity contribution in [1.82, 2.24) is 4.90 Å².